The molecule has 6 nitrogen and oxygen atoms in total. The Kier molecular flexibility index (Phi) is 6.10. The van der Waals surface area contributed by atoms with Gasteiger partial charge in [-0.2, -0.15) is 0 Å². The van der Waals surface area contributed by atoms with Crippen LogP contribution in [0.2, 0.25) is 0 Å². The van der Waals surface area contributed by atoms with Crippen LogP contribution in [0.25, 0.3) is 0 Å². The van der Waals surface area contributed by atoms with E-state index in [0.717, 1.165) is 23.2 Å². The Balaban J connectivity index is 1.72. The smallest absolute Gasteiger partial charge is 0.233 e. The van der Waals surface area contributed by atoms with Gasteiger partial charge in [0.05, 0.1) is 11.1 Å². The largest absolute Gasteiger partial charge is 0.381 e. The van der Waals surface area contributed by atoms with Crippen molar-refractivity contribution in [3.05, 3.63) is 65.5 Å². The van der Waals surface area contributed by atoms with Crippen molar-refractivity contribution >= 4 is 11.8 Å². The fourth-order valence-corrected chi connectivity index (χ4v) is 5.22. The van der Waals surface area contributed by atoms with Gasteiger partial charge in [-0.1, -0.05) is 35.9 Å². The summed E-state index contributed by atoms with van der Waals surface area (Å²) in [6.07, 6.45) is 4.46. The molecule has 3 heterocycles. The molecule has 0 spiro atoms. The number of benzene rings is 1. The first-order valence-electron chi connectivity index (χ1n) is 11.1. The summed E-state index contributed by atoms with van der Waals surface area (Å²) in [7, 11) is 1.65. The van der Waals surface area contributed by atoms with E-state index in [2.05, 4.69) is 35.4 Å². The minimum Gasteiger partial charge on any atom is -0.381 e. The van der Waals surface area contributed by atoms with Gasteiger partial charge in [0.15, 0.2) is 0 Å². The van der Waals surface area contributed by atoms with Gasteiger partial charge in [0.2, 0.25) is 11.8 Å². The molecule has 164 valence electrons. The van der Waals surface area contributed by atoms with E-state index in [4.69, 9.17) is 4.74 Å². The van der Waals surface area contributed by atoms with Crippen molar-refractivity contribution in [3.8, 4) is 0 Å². The summed E-state index contributed by atoms with van der Waals surface area (Å²) in [5.74, 6) is 0.0191. The standard InChI is InChI=1S/C25H31N3O3/c1-19-7-5-8-20(17-19)24(11-15-31-16-12-24)23(30)28-14-6-10-25(18-28,22(29)26-2)21-9-3-4-13-27-21/h3-5,7-9,13,17H,6,10-12,14-16,18H2,1-2H3,(H,26,29)/t25-/m0/s1. The zero-order valence-electron chi connectivity index (χ0n) is 18.4. The van der Waals surface area contributed by atoms with Crippen LogP contribution in [0.3, 0.4) is 0 Å². The maximum Gasteiger partial charge on any atom is 0.233 e. The zero-order valence-corrected chi connectivity index (χ0v) is 18.4. The van der Waals surface area contributed by atoms with Crippen molar-refractivity contribution in [2.24, 2.45) is 0 Å². The number of hydrogen-bond donors (Lipinski definition) is 1. The number of carbonyl (C=O) groups excluding carboxylic acids is 2. The van der Waals surface area contributed by atoms with Gasteiger partial charge in [-0.05, 0) is 50.3 Å². The molecule has 1 atom stereocenters. The minimum atomic E-state index is -0.830. The Morgan fingerprint density at radius 1 is 1.06 bits per heavy atom. The van der Waals surface area contributed by atoms with E-state index in [9.17, 15) is 9.59 Å². The molecular weight excluding hydrogens is 390 g/mol. The fourth-order valence-electron chi connectivity index (χ4n) is 5.22. The van der Waals surface area contributed by atoms with Crippen molar-refractivity contribution < 1.29 is 14.3 Å². The highest BCUT2D eigenvalue weighted by molar-refractivity contribution is 5.92. The maximum absolute atomic E-state index is 14.1. The van der Waals surface area contributed by atoms with E-state index in [1.165, 1.54) is 0 Å². The van der Waals surface area contributed by atoms with Crippen LogP contribution in [0.5, 0.6) is 0 Å². The number of pyridine rings is 1. The molecule has 31 heavy (non-hydrogen) atoms. The number of aromatic nitrogens is 1. The van der Waals surface area contributed by atoms with Crippen LogP contribution in [-0.4, -0.2) is 55.0 Å². The second-order valence-corrected chi connectivity index (χ2v) is 8.77. The monoisotopic (exact) mass is 421 g/mol. The second kappa shape index (κ2) is 8.79. The van der Waals surface area contributed by atoms with Gasteiger partial charge in [-0.3, -0.25) is 14.6 Å². The third-order valence-electron chi connectivity index (χ3n) is 6.92. The van der Waals surface area contributed by atoms with E-state index in [0.29, 0.717) is 45.6 Å². The van der Waals surface area contributed by atoms with E-state index in [-0.39, 0.29) is 11.8 Å². The normalized spacial score (nSPS) is 23.2. The Bertz CT molecular complexity index is 940. The zero-order chi connectivity index (χ0) is 21.9. The Labute approximate surface area is 184 Å². The second-order valence-electron chi connectivity index (χ2n) is 8.77. The van der Waals surface area contributed by atoms with Gasteiger partial charge in [-0.15, -0.1) is 0 Å². The molecule has 2 fully saturated rings. The summed E-state index contributed by atoms with van der Waals surface area (Å²) < 4.78 is 5.64. The van der Waals surface area contributed by atoms with Crippen LogP contribution in [0.4, 0.5) is 0 Å². The Hall–Kier alpha value is -2.73. The summed E-state index contributed by atoms with van der Waals surface area (Å²) in [6.45, 7) is 4.18. The third-order valence-corrected chi connectivity index (χ3v) is 6.92. The number of carbonyl (C=O) groups is 2. The van der Waals surface area contributed by atoms with E-state index in [1.54, 1.807) is 13.2 Å². The average molecular weight is 422 g/mol. The molecule has 0 aliphatic carbocycles. The number of aryl methyl sites for hydroxylation is 1. The van der Waals surface area contributed by atoms with Gasteiger partial charge in [0, 0.05) is 39.5 Å². The van der Waals surface area contributed by atoms with Crippen LogP contribution in [0.15, 0.2) is 48.7 Å². The van der Waals surface area contributed by atoms with Gasteiger partial charge < -0.3 is 15.0 Å². The van der Waals surface area contributed by atoms with E-state index < -0.39 is 10.8 Å². The molecule has 0 bridgehead atoms. The number of rotatable bonds is 4. The summed E-state index contributed by atoms with van der Waals surface area (Å²) in [6, 6.07) is 13.9. The number of likely N-dealkylation sites (tertiary alicyclic amines) is 1. The van der Waals surface area contributed by atoms with Crippen molar-refractivity contribution in [3.63, 3.8) is 0 Å². The topological polar surface area (TPSA) is 71.5 Å². The van der Waals surface area contributed by atoms with Crippen LogP contribution in [0.1, 0.15) is 42.5 Å². The quantitative estimate of drug-likeness (QED) is 0.824. The molecule has 0 radical (unpaired) electrons. The molecule has 1 aromatic heterocycles. The molecule has 1 aromatic carbocycles. The molecule has 0 saturated carbocycles. The number of nitrogens with one attached hydrogen (secondary N) is 1. The lowest BCUT2D eigenvalue weighted by atomic mass is 9.70. The molecular formula is C25H31N3O3. The van der Waals surface area contributed by atoms with Crippen molar-refractivity contribution in [1.29, 1.82) is 0 Å². The van der Waals surface area contributed by atoms with Crippen LogP contribution >= 0.6 is 0 Å². The highest BCUT2D eigenvalue weighted by Gasteiger charge is 2.50. The SMILES string of the molecule is CNC(=O)[C@@]1(c2ccccn2)CCCN(C(=O)C2(c3cccc(C)c3)CCOCC2)C1. The molecule has 2 aromatic rings. The molecule has 6 heteroatoms. The highest BCUT2D eigenvalue weighted by Crippen LogP contribution is 2.40. The third kappa shape index (κ3) is 3.85. The maximum atomic E-state index is 14.1. The number of likely N-dealkylation sites (N-methyl/N-ethyl adjacent to an activating group) is 1. The van der Waals surface area contributed by atoms with Crippen LogP contribution in [0, 0.1) is 6.92 Å². The first kappa shape index (κ1) is 21.5. The van der Waals surface area contributed by atoms with Crippen molar-refractivity contribution in [2.75, 3.05) is 33.4 Å². The predicted molar refractivity (Wildman–Crippen MR) is 119 cm³/mol. The lowest BCUT2D eigenvalue weighted by molar-refractivity contribution is -0.145. The van der Waals surface area contributed by atoms with Crippen LogP contribution in [-0.2, 0) is 25.2 Å². The lowest BCUT2D eigenvalue weighted by Gasteiger charge is -2.46. The fraction of sp³-hybridized carbons (Fsp3) is 0.480. The van der Waals surface area contributed by atoms with E-state index >= 15 is 0 Å². The number of nitrogens with zero attached hydrogens (tertiary/aromatic N) is 2. The summed E-state index contributed by atoms with van der Waals surface area (Å²) >= 11 is 0. The molecule has 2 aliphatic rings. The van der Waals surface area contributed by atoms with Crippen molar-refractivity contribution in [2.45, 2.75) is 43.4 Å². The highest BCUT2D eigenvalue weighted by atomic mass is 16.5. The number of piperidine rings is 1. The Morgan fingerprint density at radius 2 is 1.87 bits per heavy atom. The average Bonchev–Trinajstić information content (AvgIpc) is 2.84. The van der Waals surface area contributed by atoms with Crippen LogP contribution < -0.4 is 5.32 Å². The van der Waals surface area contributed by atoms with Gasteiger partial charge in [0.25, 0.3) is 0 Å². The summed E-state index contributed by atoms with van der Waals surface area (Å²) in [5, 5.41) is 2.82. The van der Waals surface area contributed by atoms with Crippen molar-refractivity contribution in [1.82, 2.24) is 15.2 Å². The summed E-state index contributed by atoms with van der Waals surface area (Å²) in [4.78, 5) is 33.7. The first-order chi connectivity index (χ1) is 15.0. The molecule has 0 unspecified atom stereocenters. The molecule has 2 saturated heterocycles. The van der Waals surface area contributed by atoms with Gasteiger partial charge in [-0.25, -0.2) is 0 Å². The lowest BCUT2D eigenvalue weighted by Crippen LogP contribution is -2.59. The molecule has 4 rings (SSSR count). The summed E-state index contributed by atoms with van der Waals surface area (Å²) in [5.41, 5.74) is 1.48. The molecule has 2 amide bonds. The first-order valence-corrected chi connectivity index (χ1v) is 11.1. The van der Waals surface area contributed by atoms with Gasteiger partial charge >= 0.3 is 0 Å². The minimum absolute atomic E-state index is 0.0831. The number of ether oxygens (including phenoxy) is 1. The molecule has 1 N–H and O–H groups in total. The predicted octanol–water partition coefficient (Wildman–Crippen LogP) is 2.74. The van der Waals surface area contributed by atoms with E-state index in [1.807, 2.05) is 29.2 Å². The molecule has 2 aliphatic heterocycles. The number of hydrogen-bond acceptors (Lipinski definition) is 4. The van der Waals surface area contributed by atoms with Gasteiger partial charge in [0.1, 0.15) is 5.41 Å². The number of amides is 2. The Morgan fingerprint density at radius 3 is 2.55 bits per heavy atom.